The number of carbonyl (C=O) groups excluding carboxylic acids is 1. The first-order valence-electron chi connectivity index (χ1n) is 7.24. The molecule has 0 aliphatic carbocycles. The van der Waals surface area contributed by atoms with Crippen molar-refractivity contribution in [1.82, 2.24) is 9.88 Å². The first-order chi connectivity index (χ1) is 10.7. The summed E-state index contributed by atoms with van der Waals surface area (Å²) in [5.74, 6) is 0.663. The molecule has 0 atom stereocenters. The van der Waals surface area contributed by atoms with E-state index in [9.17, 15) is 4.79 Å². The molecule has 1 amide bonds. The maximum atomic E-state index is 12.3. The Bertz CT molecular complexity index is 589. The van der Waals surface area contributed by atoms with E-state index < -0.39 is 0 Å². The van der Waals surface area contributed by atoms with Crippen LogP contribution in [-0.2, 0) is 11.2 Å². The summed E-state index contributed by atoms with van der Waals surface area (Å²) < 4.78 is 1.05. The van der Waals surface area contributed by atoms with Crippen molar-refractivity contribution >= 4 is 33.6 Å². The monoisotopic (exact) mass is 378 g/mol. The van der Waals surface area contributed by atoms with Gasteiger partial charge in [-0.05, 0) is 55.3 Å². The van der Waals surface area contributed by atoms with E-state index in [2.05, 4.69) is 20.9 Å². The second-order valence-electron chi connectivity index (χ2n) is 4.82. The number of amides is 1. The maximum absolute atomic E-state index is 12.3. The zero-order chi connectivity index (χ0) is 15.8. The number of hydrogen-bond donors (Lipinski definition) is 0. The van der Waals surface area contributed by atoms with Gasteiger partial charge in [0.2, 0.25) is 5.91 Å². The summed E-state index contributed by atoms with van der Waals surface area (Å²) in [5, 5.41) is 0. The van der Waals surface area contributed by atoms with E-state index in [1.807, 2.05) is 48.2 Å². The van der Waals surface area contributed by atoms with Crippen molar-refractivity contribution in [2.45, 2.75) is 18.2 Å². The van der Waals surface area contributed by atoms with E-state index in [1.54, 1.807) is 24.2 Å². The highest BCUT2D eigenvalue weighted by molar-refractivity contribution is 9.10. The van der Waals surface area contributed by atoms with Crippen molar-refractivity contribution in [3.05, 3.63) is 58.8 Å². The van der Waals surface area contributed by atoms with Crippen LogP contribution in [0.25, 0.3) is 0 Å². The molecule has 1 aromatic carbocycles. The lowest BCUT2D eigenvalue weighted by molar-refractivity contribution is -0.128. The summed E-state index contributed by atoms with van der Waals surface area (Å²) in [6.45, 7) is 3.51. The van der Waals surface area contributed by atoms with Crippen LogP contribution in [0.5, 0.6) is 0 Å². The average Bonchev–Trinajstić information content (AvgIpc) is 2.56. The highest BCUT2D eigenvalue weighted by Gasteiger charge is 2.12. The number of nitrogens with zero attached hydrogens (tertiary/aromatic N) is 2. The second kappa shape index (κ2) is 8.96. The minimum atomic E-state index is 0.185. The number of rotatable bonds is 7. The summed E-state index contributed by atoms with van der Waals surface area (Å²) in [7, 11) is 0. The Kier molecular flexibility index (Phi) is 6.93. The van der Waals surface area contributed by atoms with E-state index in [4.69, 9.17) is 0 Å². The topological polar surface area (TPSA) is 33.2 Å². The number of halogens is 1. The number of likely N-dealkylation sites (N-methyl/N-ethyl adjacent to an activating group) is 1. The van der Waals surface area contributed by atoms with Gasteiger partial charge in [-0.15, -0.1) is 11.8 Å². The van der Waals surface area contributed by atoms with Crippen molar-refractivity contribution in [2.24, 2.45) is 0 Å². The van der Waals surface area contributed by atoms with Crippen LogP contribution >= 0.6 is 27.7 Å². The van der Waals surface area contributed by atoms with Gasteiger partial charge in [-0.1, -0.05) is 15.9 Å². The Morgan fingerprint density at radius 1 is 1.18 bits per heavy atom. The number of pyridine rings is 1. The largest absolute Gasteiger partial charge is 0.342 e. The SMILES string of the molecule is CCN(CCc1ccncc1)C(=O)CSc1ccc(Br)cc1. The van der Waals surface area contributed by atoms with E-state index in [0.717, 1.165) is 28.9 Å². The minimum Gasteiger partial charge on any atom is -0.342 e. The molecule has 0 aliphatic rings. The molecule has 0 fully saturated rings. The summed E-state index contributed by atoms with van der Waals surface area (Å²) in [6.07, 6.45) is 4.44. The molecule has 2 rings (SSSR count). The maximum Gasteiger partial charge on any atom is 0.232 e. The van der Waals surface area contributed by atoms with E-state index in [1.165, 1.54) is 5.56 Å². The van der Waals surface area contributed by atoms with E-state index >= 15 is 0 Å². The van der Waals surface area contributed by atoms with Gasteiger partial charge < -0.3 is 4.90 Å². The molecule has 0 bridgehead atoms. The van der Waals surface area contributed by atoms with Gasteiger partial charge in [0.25, 0.3) is 0 Å². The third-order valence-corrected chi connectivity index (χ3v) is 4.86. The van der Waals surface area contributed by atoms with Gasteiger partial charge in [0, 0.05) is 34.9 Å². The van der Waals surface area contributed by atoms with Crippen LogP contribution in [0.2, 0.25) is 0 Å². The molecule has 0 unspecified atom stereocenters. The van der Waals surface area contributed by atoms with E-state index in [0.29, 0.717) is 5.75 Å². The summed E-state index contributed by atoms with van der Waals surface area (Å²) in [4.78, 5) is 19.4. The van der Waals surface area contributed by atoms with Crippen molar-refractivity contribution < 1.29 is 4.79 Å². The van der Waals surface area contributed by atoms with Crippen molar-refractivity contribution in [1.29, 1.82) is 0 Å². The highest BCUT2D eigenvalue weighted by atomic mass is 79.9. The Balaban J connectivity index is 1.82. The molecule has 2 aromatic rings. The molecule has 0 spiro atoms. The van der Waals surface area contributed by atoms with Crippen LogP contribution in [0.1, 0.15) is 12.5 Å². The van der Waals surface area contributed by atoms with Crippen LogP contribution in [0.4, 0.5) is 0 Å². The van der Waals surface area contributed by atoms with Crippen LogP contribution in [0.15, 0.2) is 58.2 Å². The summed E-state index contributed by atoms with van der Waals surface area (Å²) in [5.41, 5.74) is 1.21. The second-order valence-corrected chi connectivity index (χ2v) is 6.79. The first-order valence-corrected chi connectivity index (χ1v) is 9.02. The number of aromatic nitrogens is 1. The van der Waals surface area contributed by atoms with Crippen LogP contribution in [0.3, 0.4) is 0 Å². The van der Waals surface area contributed by atoms with Gasteiger partial charge in [0.15, 0.2) is 0 Å². The number of thioether (sulfide) groups is 1. The van der Waals surface area contributed by atoms with Crippen molar-refractivity contribution in [2.75, 3.05) is 18.8 Å². The third-order valence-electron chi connectivity index (χ3n) is 3.33. The van der Waals surface area contributed by atoms with Crippen LogP contribution < -0.4 is 0 Å². The lowest BCUT2D eigenvalue weighted by Gasteiger charge is -2.20. The molecular formula is C17H19BrN2OS. The number of carbonyl (C=O) groups is 1. The first kappa shape index (κ1) is 17.0. The van der Waals surface area contributed by atoms with Crippen molar-refractivity contribution in [3.8, 4) is 0 Å². The Morgan fingerprint density at radius 3 is 2.50 bits per heavy atom. The zero-order valence-electron chi connectivity index (χ0n) is 12.5. The van der Waals surface area contributed by atoms with E-state index in [-0.39, 0.29) is 5.91 Å². The molecule has 5 heteroatoms. The van der Waals surface area contributed by atoms with Gasteiger partial charge >= 0.3 is 0 Å². The number of benzene rings is 1. The Labute approximate surface area is 144 Å². The van der Waals surface area contributed by atoms with Gasteiger partial charge in [0.05, 0.1) is 5.75 Å². The molecule has 0 N–H and O–H groups in total. The van der Waals surface area contributed by atoms with Gasteiger partial charge in [0.1, 0.15) is 0 Å². The normalized spacial score (nSPS) is 10.5. The molecule has 0 saturated heterocycles. The molecular weight excluding hydrogens is 360 g/mol. The molecule has 0 radical (unpaired) electrons. The third kappa shape index (κ3) is 5.46. The fourth-order valence-electron chi connectivity index (χ4n) is 2.04. The predicted octanol–water partition coefficient (Wildman–Crippen LogP) is 4.03. The smallest absolute Gasteiger partial charge is 0.232 e. The van der Waals surface area contributed by atoms with Crippen LogP contribution in [-0.4, -0.2) is 34.6 Å². The molecule has 0 aliphatic heterocycles. The van der Waals surface area contributed by atoms with Crippen molar-refractivity contribution in [3.63, 3.8) is 0 Å². The molecule has 116 valence electrons. The fourth-order valence-corrected chi connectivity index (χ4v) is 3.11. The lowest BCUT2D eigenvalue weighted by Crippen LogP contribution is -2.34. The molecule has 22 heavy (non-hydrogen) atoms. The average molecular weight is 379 g/mol. The molecule has 1 heterocycles. The van der Waals surface area contributed by atoms with Gasteiger partial charge in [-0.2, -0.15) is 0 Å². The minimum absolute atomic E-state index is 0.185. The Hall–Kier alpha value is -1.33. The van der Waals surface area contributed by atoms with Gasteiger partial charge in [-0.3, -0.25) is 9.78 Å². The summed E-state index contributed by atoms with van der Waals surface area (Å²) >= 11 is 4.99. The molecule has 3 nitrogen and oxygen atoms in total. The standard InChI is InChI=1S/C17H19BrN2OS/c1-2-20(12-9-14-7-10-19-11-8-14)17(21)13-22-16-5-3-15(18)4-6-16/h3-8,10-11H,2,9,12-13H2,1H3. The lowest BCUT2D eigenvalue weighted by atomic mass is 10.2. The zero-order valence-corrected chi connectivity index (χ0v) is 14.9. The Morgan fingerprint density at radius 2 is 1.86 bits per heavy atom. The quantitative estimate of drug-likeness (QED) is 0.681. The predicted molar refractivity (Wildman–Crippen MR) is 95.1 cm³/mol. The number of hydrogen-bond acceptors (Lipinski definition) is 3. The fraction of sp³-hybridized carbons (Fsp3) is 0.294. The summed E-state index contributed by atoms with van der Waals surface area (Å²) in [6, 6.07) is 12.0. The molecule has 0 saturated carbocycles. The van der Waals surface area contributed by atoms with Gasteiger partial charge in [-0.25, -0.2) is 0 Å². The highest BCUT2D eigenvalue weighted by Crippen LogP contribution is 2.21. The van der Waals surface area contributed by atoms with Crippen LogP contribution in [0, 0.1) is 0 Å². The molecule has 1 aromatic heterocycles.